The third kappa shape index (κ3) is 3.88. The second-order valence-electron chi connectivity index (χ2n) is 7.70. The van der Waals surface area contributed by atoms with Crippen molar-refractivity contribution in [3.8, 4) is 11.5 Å². The summed E-state index contributed by atoms with van der Waals surface area (Å²) < 4.78 is 30.6. The van der Waals surface area contributed by atoms with E-state index in [1.165, 1.54) is 6.07 Å². The zero-order valence-corrected chi connectivity index (χ0v) is 16.8. The molecule has 0 saturated carbocycles. The summed E-state index contributed by atoms with van der Waals surface area (Å²) in [5.74, 6) is -0.173. The van der Waals surface area contributed by atoms with E-state index in [0.29, 0.717) is 54.9 Å². The Balaban J connectivity index is 1.25. The van der Waals surface area contributed by atoms with E-state index in [-0.39, 0.29) is 31.6 Å². The molecule has 0 radical (unpaired) electrons. The maximum absolute atomic E-state index is 14.6. The van der Waals surface area contributed by atoms with E-state index in [2.05, 4.69) is 5.32 Å². The predicted octanol–water partition coefficient (Wildman–Crippen LogP) is 2.38. The topological polar surface area (TPSA) is 80.3 Å². The Morgan fingerprint density at radius 3 is 2.68 bits per heavy atom. The number of morpholine rings is 1. The number of benzene rings is 2. The van der Waals surface area contributed by atoms with Crippen LogP contribution in [0.4, 0.5) is 21.5 Å². The summed E-state index contributed by atoms with van der Waals surface area (Å²) in [6.45, 7) is 2.78. The van der Waals surface area contributed by atoms with Gasteiger partial charge in [0.05, 0.1) is 24.8 Å². The fourth-order valence-corrected chi connectivity index (χ4v) is 4.08. The molecule has 2 amide bonds. The molecule has 162 valence electrons. The lowest BCUT2D eigenvalue weighted by atomic mass is 10.1. The maximum atomic E-state index is 14.6. The Morgan fingerprint density at radius 2 is 1.87 bits per heavy atom. The molecule has 0 aromatic heterocycles. The number of amides is 2. The quantitative estimate of drug-likeness (QED) is 0.807. The largest absolute Gasteiger partial charge is 0.454 e. The normalized spacial score (nSPS) is 20.3. The first-order chi connectivity index (χ1) is 15.1. The number of hydrogen-bond acceptors (Lipinski definition) is 6. The minimum absolute atomic E-state index is 0.0919. The summed E-state index contributed by atoms with van der Waals surface area (Å²) in [5.41, 5.74) is 1.52. The van der Waals surface area contributed by atoms with E-state index >= 15 is 0 Å². The number of anilines is 3. The molecule has 2 fully saturated rings. The van der Waals surface area contributed by atoms with E-state index < -0.39 is 11.7 Å². The van der Waals surface area contributed by atoms with Gasteiger partial charge in [0.15, 0.2) is 11.5 Å². The van der Waals surface area contributed by atoms with Gasteiger partial charge in [0.1, 0.15) is 5.82 Å². The van der Waals surface area contributed by atoms with Gasteiger partial charge in [-0.1, -0.05) is 0 Å². The molecule has 31 heavy (non-hydrogen) atoms. The highest BCUT2D eigenvalue weighted by Crippen LogP contribution is 2.37. The van der Waals surface area contributed by atoms with Crippen LogP contribution in [-0.2, 0) is 14.3 Å². The number of ether oxygens (including phenoxy) is 3. The van der Waals surface area contributed by atoms with Gasteiger partial charge in [-0.3, -0.25) is 9.59 Å². The zero-order chi connectivity index (χ0) is 21.4. The van der Waals surface area contributed by atoms with Gasteiger partial charge in [-0.25, -0.2) is 4.39 Å². The lowest BCUT2D eigenvalue weighted by Crippen LogP contribution is -2.36. The molecule has 0 aliphatic carbocycles. The number of carbonyl (C=O) groups excluding carboxylic acids is 2. The standard InChI is InChI=1S/C22H22FN3O5/c23-17-10-15(1-3-18(17)25-5-7-29-8-6-25)24-22(28)14-9-21(27)26(12-14)16-2-4-19-20(11-16)31-13-30-19/h1-4,10-11,14H,5-9,12-13H2,(H,24,28). The van der Waals surface area contributed by atoms with Gasteiger partial charge in [-0.05, 0) is 30.3 Å². The molecule has 0 spiro atoms. The second-order valence-corrected chi connectivity index (χ2v) is 7.70. The van der Waals surface area contributed by atoms with Crippen LogP contribution in [-0.4, -0.2) is 51.5 Å². The van der Waals surface area contributed by atoms with Crippen molar-refractivity contribution in [2.24, 2.45) is 5.92 Å². The van der Waals surface area contributed by atoms with Gasteiger partial charge in [0.2, 0.25) is 18.6 Å². The monoisotopic (exact) mass is 427 g/mol. The minimum Gasteiger partial charge on any atom is -0.454 e. The molecule has 1 unspecified atom stereocenters. The first-order valence-electron chi connectivity index (χ1n) is 10.2. The maximum Gasteiger partial charge on any atom is 0.231 e. The van der Waals surface area contributed by atoms with Crippen molar-refractivity contribution in [3.63, 3.8) is 0 Å². The molecule has 3 aliphatic heterocycles. The van der Waals surface area contributed by atoms with Crippen LogP contribution in [0.5, 0.6) is 11.5 Å². The lowest BCUT2D eigenvalue weighted by molar-refractivity contribution is -0.122. The van der Waals surface area contributed by atoms with E-state index in [1.54, 1.807) is 35.2 Å². The number of fused-ring (bicyclic) bond motifs is 1. The molecule has 0 bridgehead atoms. The molecule has 9 heteroatoms. The highest BCUT2D eigenvalue weighted by Gasteiger charge is 2.36. The molecule has 1 N–H and O–H groups in total. The summed E-state index contributed by atoms with van der Waals surface area (Å²) >= 11 is 0. The molecular weight excluding hydrogens is 405 g/mol. The van der Waals surface area contributed by atoms with Crippen LogP contribution in [0.25, 0.3) is 0 Å². The van der Waals surface area contributed by atoms with Crippen molar-refractivity contribution >= 4 is 28.9 Å². The summed E-state index contributed by atoms with van der Waals surface area (Å²) in [4.78, 5) is 28.7. The predicted molar refractivity (Wildman–Crippen MR) is 111 cm³/mol. The van der Waals surface area contributed by atoms with E-state index in [1.807, 2.05) is 4.90 Å². The van der Waals surface area contributed by atoms with Crippen LogP contribution in [0.1, 0.15) is 6.42 Å². The Kier molecular flexibility index (Phi) is 5.11. The number of nitrogens with zero attached hydrogens (tertiary/aromatic N) is 2. The van der Waals surface area contributed by atoms with Crippen molar-refractivity contribution in [2.45, 2.75) is 6.42 Å². The van der Waals surface area contributed by atoms with Crippen LogP contribution in [0.3, 0.4) is 0 Å². The van der Waals surface area contributed by atoms with Crippen LogP contribution >= 0.6 is 0 Å². The molecular formula is C22H22FN3O5. The summed E-state index contributed by atoms with van der Waals surface area (Å²) in [5, 5.41) is 2.74. The van der Waals surface area contributed by atoms with Crippen molar-refractivity contribution in [1.82, 2.24) is 0 Å². The number of halogens is 1. The molecule has 2 saturated heterocycles. The summed E-state index contributed by atoms with van der Waals surface area (Å²) in [7, 11) is 0. The molecule has 3 aliphatic rings. The highest BCUT2D eigenvalue weighted by molar-refractivity contribution is 6.03. The summed E-state index contributed by atoms with van der Waals surface area (Å²) in [6, 6.07) is 9.91. The zero-order valence-electron chi connectivity index (χ0n) is 16.8. The average molecular weight is 427 g/mol. The van der Waals surface area contributed by atoms with Gasteiger partial charge in [-0.15, -0.1) is 0 Å². The fraction of sp³-hybridized carbons (Fsp3) is 0.364. The third-order valence-corrected chi connectivity index (χ3v) is 5.73. The Labute approximate surface area is 178 Å². The van der Waals surface area contributed by atoms with E-state index in [4.69, 9.17) is 14.2 Å². The smallest absolute Gasteiger partial charge is 0.231 e. The Bertz CT molecular complexity index is 1020. The van der Waals surface area contributed by atoms with Gasteiger partial charge in [0, 0.05) is 43.5 Å². The lowest BCUT2D eigenvalue weighted by Gasteiger charge is -2.29. The first kappa shape index (κ1) is 19.6. The highest BCUT2D eigenvalue weighted by atomic mass is 19.1. The van der Waals surface area contributed by atoms with Gasteiger partial charge < -0.3 is 29.3 Å². The summed E-state index contributed by atoms with van der Waals surface area (Å²) in [6.07, 6.45) is 0.0919. The van der Waals surface area contributed by atoms with E-state index in [9.17, 15) is 14.0 Å². The minimum atomic E-state index is -0.528. The average Bonchev–Trinajstić information content (AvgIpc) is 3.40. The van der Waals surface area contributed by atoms with Gasteiger partial charge in [0.25, 0.3) is 0 Å². The molecule has 2 aromatic carbocycles. The molecule has 8 nitrogen and oxygen atoms in total. The van der Waals surface area contributed by atoms with Crippen molar-refractivity contribution in [3.05, 3.63) is 42.2 Å². The van der Waals surface area contributed by atoms with Crippen LogP contribution in [0.2, 0.25) is 0 Å². The van der Waals surface area contributed by atoms with Crippen LogP contribution < -0.4 is 24.6 Å². The number of rotatable bonds is 4. The third-order valence-electron chi connectivity index (χ3n) is 5.73. The van der Waals surface area contributed by atoms with Crippen molar-refractivity contribution < 1.29 is 28.2 Å². The number of carbonyl (C=O) groups is 2. The van der Waals surface area contributed by atoms with Crippen LogP contribution in [0.15, 0.2) is 36.4 Å². The molecule has 1 atom stereocenters. The number of nitrogens with one attached hydrogen (secondary N) is 1. The van der Waals surface area contributed by atoms with Crippen LogP contribution in [0, 0.1) is 11.7 Å². The SMILES string of the molecule is O=C(Nc1ccc(N2CCOCC2)c(F)c1)C1CC(=O)N(c2ccc3c(c2)OCO3)C1. The molecule has 3 heterocycles. The Hall–Kier alpha value is -3.33. The number of hydrogen-bond donors (Lipinski definition) is 1. The van der Waals surface area contributed by atoms with Crippen molar-refractivity contribution in [2.75, 3.05) is 54.8 Å². The molecule has 5 rings (SSSR count). The van der Waals surface area contributed by atoms with Crippen molar-refractivity contribution in [1.29, 1.82) is 0 Å². The fourth-order valence-electron chi connectivity index (χ4n) is 4.08. The first-order valence-corrected chi connectivity index (χ1v) is 10.2. The second kappa shape index (κ2) is 8.07. The van der Waals surface area contributed by atoms with Gasteiger partial charge >= 0.3 is 0 Å². The Morgan fingerprint density at radius 1 is 1.06 bits per heavy atom. The van der Waals surface area contributed by atoms with E-state index in [0.717, 1.165) is 0 Å². The van der Waals surface area contributed by atoms with Gasteiger partial charge in [-0.2, -0.15) is 0 Å². The molecule has 2 aromatic rings.